The maximum absolute atomic E-state index is 11.6. The third-order valence-corrected chi connectivity index (χ3v) is 5.44. The Morgan fingerprint density at radius 2 is 1.85 bits per heavy atom. The summed E-state index contributed by atoms with van der Waals surface area (Å²) in [7, 11) is 3.53. The van der Waals surface area contributed by atoms with Gasteiger partial charge in [-0.3, -0.25) is 9.79 Å². The first-order chi connectivity index (χ1) is 12.4. The van der Waals surface area contributed by atoms with E-state index >= 15 is 0 Å². The van der Waals surface area contributed by atoms with Crippen LogP contribution in [-0.2, 0) is 10.2 Å². The van der Waals surface area contributed by atoms with Crippen LogP contribution in [0.3, 0.4) is 0 Å². The Kier molecular flexibility index (Phi) is 9.87. The standard InChI is InChI=1S/C20H31ClN4O.HI/c1-20(2,16-5-7-17(21)8-6-16)14-24-19(23-4)25-11-9-15(10-12-25)13-18(26)22-3;/h5-8,15H,9-14H2,1-4H3,(H,22,26)(H,23,24);1H. The first-order valence-electron chi connectivity index (χ1n) is 9.28. The second-order valence-electron chi connectivity index (χ2n) is 7.60. The molecule has 7 heteroatoms. The number of hydrogen-bond donors (Lipinski definition) is 2. The number of piperidine rings is 1. The number of guanidine groups is 1. The van der Waals surface area contributed by atoms with Crippen LogP contribution in [-0.4, -0.2) is 50.5 Å². The van der Waals surface area contributed by atoms with Crippen molar-refractivity contribution in [3.05, 3.63) is 34.9 Å². The van der Waals surface area contributed by atoms with Gasteiger partial charge in [0.1, 0.15) is 0 Å². The molecule has 0 aliphatic carbocycles. The molecule has 0 bridgehead atoms. The molecule has 1 amide bonds. The topological polar surface area (TPSA) is 56.7 Å². The normalized spacial score (nSPS) is 15.9. The molecule has 1 heterocycles. The van der Waals surface area contributed by atoms with E-state index in [0.717, 1.165) is 43.5 Å². The summed E-state index contributed by atoms with van der Waals surface area (Å²) in [5, 5.41) is 7.00. The highest BCUT2D eigenvalue weighted by Crippen LogP contribution is 2.24. The van der Waals surface area contributed by atoms with E-state index in [1.54, 1.807) is 7.05 Å². The molecule has 27 heavy (non-hydrogen) atoms. The zero-order valence-electron chi connectivity index (χ0n) is 16.7. The average molecular weight is 507 g/mol. The van der Waals surface area contributed by atoms with Crippen molar-refractivity contribution in [2.75, 3.05) is 33.7 Å². The molecular formula is C20H32ClIN4O. The number of halogens is 2. The second-order valence-corrected chi connectivity index (χ2v) is 8.04. The molecule has 0 unspecified atom stereocenters. The lowest BCUT2D eigenvalue weighted by Gasteiger charge is -2.35. The Labute approximate surface area is 185 Å². The molecule has 0 atom stereocenters. The number of likely N-dealkylation sites (tertiary alicyclic amines) is 1. The lowest BCUT2D eigenvalue weighted by molar-refractivity contribution is -0.121. The monoisotopic (exact) mass is 506 g/mol. The van der Waals surface area contributed by atoms with Gasteiger partial charge in [0, 0.05) is 50.6 Å². The van der Waals surface area contributed by atoms with Crippen molar-refractivity contribution in [1.82, 2.24) is 15.5 Å². The first kappa shape index (κ1) is 24.0. The highest BCUT2D eigenvalue weighted by molar-refractivity contribution is 14.0. The summed E-state index contributed by atoms with van der Waals surface area (Å²) in [6.07, 6.45) is 2.67. The summed E-state index contributed by atoms with van der Waals surface area (Å²) in [6.45, 7) is 7.09. The summed E-state index contributed by atoms with van der Waals surface area (Å²) in [5.41, 5.74) is 1.21. The maximum Gasteiger partial charge on any atom is 0.220 e. The van der Waals surface area contributed by atoms with Crippen LogP contribution in [0.25, 0.3) is 0 Å². The third kappa shape index (κ3) is 7.14. The van der Waals surface area contributed by atoms with E-state index in [0.29, 0.717) is 12.3 Å². The van der Waals surface area contributed by atoms with Crippen molar-refractivity contribution < 1.29 is 4.79 Å². The third-order valence-electron chi connectivity index (χ3n) is 5.19. The van der Waals surface area contributed by atoms with Gasteiger partial charge in [-0.2, -0.15) is 0 Å². The molecule has 1 aliphatic heterocycles. The van der Waals surface area contributed by atoms with Gasteiger partial charge in [0.15, 0.2) is 5.96 Å². The molecule has 2 rings (SSSR count). The molecule has 0 spiro atoms. The Morgan fingerprint density at radius 1 is 1.26 bits per heavy atom. The summed E-state index contributed by atoms with van der Waals surface area (Å²) in [6, 6.07) is 8.03. The predicted octanol–water partition coefficient (Wildman–Crippen LogP) is 3.66. The fraction of sp³-hybridized carbons (Fsp3) is 0.600. The Morgan fingerprint density at radius 3 is 2.37 bits per heavy atom. The van der Waals surface area contributed by atoms with E-state index in [1.807, 2.05) is 19.2 Å². The molecular weight excluding hydrogens is 475 g/mol. The fourth-order valence-electron chi connectivity index (χ4n) is 3.35. The van der Waals surface area contributed by atoms with Crippen molar-refractivity contribution in [1.29, 1.82) is 0 Å². The number of carbonyl (C=O) groups excluding carboxylic acids is 1. The molecule has 152 valence electrons. The molecule has 5 nitrogen and oxygen atoms in total. The quantitative estimate of drug-likeness (QED) is 0.364. The summed E-state index contributed by atoms with van der Waals surface area (Å²) < 4.78 is 0. The number of benzene rings is 1. The van der Waals surface area contributed by atoms with Crippen LogP contribution in [0.4, 0.5) is 0 Å². The lowest BCUT2D eigenvalue weighted by atomic mass is 9.84. The molecule has 1 aromatic carbocycles. The average Bonchev–Trinajstić information content (AvgIpc) is 2.63. The number of carbonyl (C=O) groups is 1. The van der Waals surface area contributed by atoms with Gasteiger partial charge in [0.25, 0.3) is 0 Å². The molecule has 0 saturated carbocycles. The number of amides is 1. The van der Waals surface area contributed by atoms with E-state index in [-0.39, 0.29) is 35.3 Å². The smallest absolute Gasteiger partial charge is 0.220 e. The van der Waals surface area contributed by atoms with Crippen LogP contribution in [0.5, 0.6) is 0 Å². The minimum absolute atomic E-state index is 0. The molecule has 0 radical (unpaired) electrons. The summed E-state index contributed by atoms with van der Waals surface area (Å²) >= 11 is 6.00. The SMILES string of the molecule is CN=C(NCC(C)(C)c1ccc(Cl)cc1)N1CCC(CC(=O)NC)CC1.I. The number of nitrogens with zero attached hydrogens (tertiary/aromatic N) is 2. The minimum atomic E-state index is -0.0297. The van der Waals surface area contributed by atoms with Crippen LogP contribution in [0.15, 0.2) is 29.3 Å². The first-order valence-corrected chi connectivity index (χ1v) is 9.65. The molecule has 1 aliphatic rings. The highest BCUT2D eigenvalue weighted by Gasteiger charge is 2.25. The predicted molar refractivity (Wildman–Crippen MR) is 124 cm³/mol. The van der Waals surface area contributed by atoms with Gasteiger partial charge in [-0.05, 0) is 36.5 Å². The van der Waals surface area contributed by atoms with Crippen molar-refractivity contribution in [3.63, 3.8) is 0 Å². The van der Waals surface area contributed by atoms with E-state index in [4.69, 9.17) is 11.6 Å². The minimum Gasteiger partial charge on any atom is -0.359 e. The molecule has 0 aromatic heterocycles. The lowest BCUT2D eigenvalue weighted by Crippen LogP contribution is -2.48. The van der Waals surface area contributed by atoms with E-state index in [1.165, 1.54) is 5.56 Å². The largest absolute Gasteiger partial charge is 0.359 e. The summed E-state index contributed by atoms with van der Waals surface area (Å²) in [5.74, 6) is 1.54. The van der Waals surface area contributed by atoms with E-state index in [9.17, 15) is 4.79 Å². The number of nitrogens with one attached hydrogen (secondary N) is 2. The molecule has 1 fully saturated rings. The van der Waals surface area contributed by atoms with Crippen molar-refractivity contribution in [3.8, 4) is 0 Å². The van der Waals surface area contributed by atoms with Crippen LogP contribution in [0.1, 0.15) is 38.7 Å². The highest BCUT2D eigenvalue weighted by atomic mass is 127. The zero-order valence-corrected chi connectivity index (χ0v) is 19.8. The van der Waals surface area contributed by atoms with Gasteiger partial charge < -0.3 is 15.5 Å². The number of hydrogen-bond acceptors (Lipinski definition) is 2. The maximum atomic E-state index is 11.6. The number of rotatable bonds is 5. The van der Waals surface area contributed by atoms with Crippen molar-refractivity contribution in [2.24, 2.45) is 10.9 Å². The van der Waals surface area contributed by atoms with E-state index in [2.05, 4.69) is 46.5 Å². The Bertz CT molecular complexity index is 625. The Hall–Kier alpha value is -1.02. The van der Waals surface area contributed by atoms with Crippen molar-refractivity contribution in [2.45, 2.75) is 38.5 Å². The van der Waals surface area contributed by atoms with E-state index < -0.39 is 0 Å². The van der Waals surface area contributed by atoms with Gasteiger partial charge in [-0.25, -0.2) is 0 Å². The van der Waals surface area contributed by atoms with Gasteiger partial charge in [-0.15, -0.1) is 24.0 Å². The van der Waals surface area contributed by atoms with Crippen LogP contribution >= 0.6 is 35.6 Å². The van der Waals surface area contributed by atoms with Crippen molar-refractivity contribution >= 4 is 47.4 Å². The van der Waals surface area contributed by atoms with Crippen LogP contribution in [0.2, 0.25) is 5.02 Å². The van der Waals surface area contributed by atoms with Gasteiger partial charge in [0.05, 0.1) is 0 Å². The van der Waals surface area contributed by atoms with Crippen LogP contribution < -0.4 is 10.6 Å². The van der Waals surface area contributed by atoms with Crippen LogP contribution in [0, 0.1) is 5.92 Å². The zero-order chi connectivity index (χ0) is 19.2. The molecule has 2 N–H and O–H groups in total. The molecule has 1 saturated heterocycles. The fourth-order valence-corrected chi connectivity index (χ4v) is 3.47. The second kappa shape index (κ2) is 11.1. The van der Waals surface area contributed by atoms with Gasteiger partial charge >= 0.3 is 0 Å². The Balaban J connectivity index is 0.00000364. The molecule has 1 aromatic rings. The van der Waals surface area contributed by atoms with Gasteiger partial charge in [-0.1, -0.05) is 37.6 Å². The summed E-state index contributed by atoms with van der Waals surface area (Å²) in [4.78, 5) is 18.3. The van der Waals surface area contributed by atoms with Gasteiger partial charge in [0.2, 0.25) is 5.91 Å². The number of aliphatic imine (C=N–C) groups is 1.